The van der Waals surface area contributed by atoms with E-state index in [0.29, 0.717) is 21.6 Å². The van der Waals surface area contributed by atoms with Crippen molar-refractivity contribution in [3.8, 4) is 5.75 Å². The average molecular weight is 370 g/mol. The number of ether oxygens (including phenoxy) is 2. The number of thiazole rings is 1. The van der Waals surface area contributed by atoms with Crippen LogP contribution in [0.15, 0.2) is 47.5 Å². The Labute approximate surface area is 154 Å². The number of aromatic nitrogens is 1. The molecule has 0 N–H and O–H groups in total. The molecule has 0 aliphatic heterocycles. The molecule has 3 rings (SSSR count). The van der Waals surface area contributed by atoms with Gasteiger partial charge < -0.3 is 14.0 Å². The summed E-state index contributed by atoms with van der Waals surface area (Å²) in [5, 5.41) is 0. The van der Waals surface area contributed by atoms with Gasteiger partial charge in [-0.1, -0.05) is 35.1 Å². The minimum absolute atomic E-state index is 0.0586. The Morgan fingerprint density at radius 1 is 1.12 bits per heavy atom. The molecular weight excluding hydrogens is 352 g/mol. The van der Waals surface area contributed by atoms with Crippen LogP contribution in [0.1, 0.15) is 15.9 Å². The number of fused-ring (bicyclic) bond motifs is 1. The first-order chi connectivity index (χ1) is 12.5. The Hall–Kier alpha value is -2.93. The molecule has 7 heteroatoms. The van der Waals surface area contributed by atoms with Crippen LogP contribution in [0.2, 0.25) is 0 Å². The summed E-state index contributed by atoms with van der Waals surface area (Å²) in [6, 6.07) is 12.7. The van der Waals surface area contributed by atoms with Gasteiger partial charge in [0.15, 0.2) is 4.80 Å². The van der Waals surface area contributed by atoms with Crippen LogP contribution < -0.4 is 9.54 Å². The largest absolute Gasteiger partial charge is 0.495 e. The zero-order valence-electron chi connectivity index (χ0n) is 14.7. The number of carbonyl (C=O) groups excluding carboxylic acids is 2. The smallest absolute Gasteiger partial charge is 0.325 e. The van der Waals surface area contributed by atoms with E-state index in [1.54, 1.807) is 29.9 Å². The van der Waals surface area contributed by atoms with Gasteiger partial charge in [-0.05, 0) is 31.2 Å². The molecule has 2 aromatic carbocycles. The topological polar surface area (TPSA) is 69.9 Å². The molecule has 1 amide bonds. The van der Waals surface area contributed by atoms with Crippen LogP contribution in [-0.2, 0) is 16.1 Å². The van der Waals surface area contributed by atoms with Gasteiger partial charge in [0.1, 0.15) is 17.8 Å². The second kappa shape index (κ2) is 7.53. The summed E-state index contributed by atoms with van der Waals surface area (Å²) in [6.45, 7) is 1.89. The zero-order valence-corrected chi connectivity index (χ0v) is 15.5. The van der Waals surface area contributed by atoms with Gasteiger partial charge in [-0.2, -0.15) is 4.99 Å². The molecule has 3 aromatic rings. The molecule has 0 atom stereocenters. The first-order valence-electron chi connectivity index (χ1n) is 7.92. The summed E-state index contributed by atoms with van der Waals surface area (Å²) in [7, 11) is 2.88. The van der Waals surface area contributed by atoms with Crippen molar-refractivity contribution in [2.75, 3.05) is 14.2 Å². The Morgan fingerprint density at radius 2 is 1.85 bits per heavy atom. The molecule has 0 aliphatic rings. The van der Waals surface area contributed by atoms with E-state index in [4.69, 9.17) is 9.47 Å². The van der Waals surface area contributed by atoms with Crippen molar-refractivity contribution < 1.29 is 19.1 Å². The standard InChI is InChI=1S/C19H18N2O4S/c1-12-7-9-13(10-8-12)18(23)20-19-21(11-16(22)25-3)17-14(24-2)5-4-6-15(17)26-19/h4-10H,11H2,1-3H3. The molecule has 0 radical (unpaired) electrons. The number of nitrogens with zero attached hydrogens (tertiary/aromatic N) is 2. The van der Waals surface area contributed by atoms with E-state index in [1.165, 1.54) is 18.4 Å². The van der Waals surface area contributed by atoms with Gasteiger partial charge in [0.2, 0.25) is 0 Å². The van der Waals surface area contributed by atoms with Gasteiger partial charge in [-0.3, -0.25) is 9.59 Å². The van der Waals surface area contributed by atoms with Crippen LogP contribution in [-0.4, -0.2) is 30.7 Å². The summed E-state index contributed by atoms with van der Waals surface area (Å²) in [5.74, 6) is -0.194. The van der Waals surface area contributed by atoms with Crippen molar-refractivity contribution in [1.82, 2.24) is 4.57 Å². The van der Waals surface area contributed by atoms with Crippen molar-refractivity contribution in [2.45, 2.75) is 13.5 Å². The fraction of sp³-hybridized carbons (Fsp3) is 0.211. The molecule has 0 saturated heterocycles. The molecule has 0 unspecified atom stereocenters. The van der Waals surface area contributed by atoms with E-state index in [9.17, 15) is 9.59 Å². The van der Waals surface area contributed by atoms with Gasteiger partial charge in [0.05, 0.1) is 18.9 Å². The monoisotopic (exact) mass is 370 g/mol. The summed E-state index contributed by atoms with van der Waals surface area (Å²) in [6.07, 6.45) is 0. The molecule has 0 bridgehead atoms. The van der Waals surface area contributed by atoms with Crippen molar-refractivity contribution >= 4 is 33.4 Å². The van der Waals surface area contributed by atoms with Crippen LogP contribution in [0.4, 0.5) is 0 Å². The van der Waals surface area contributed by atoms with Gasteiger partial charge in [-0.15, -0.1) is 0 Å². The van der Waals surface area contributed by atoms with E-state index in [2.05, 4.69) is 4.99 Å². The second-order valence-corrected chi connectivity index (χ2v) is 6.65. The maximum Gasteiger partial charge on any atom is 0.325 e. The third kappa shape index (κ3) is 3.52. The quantitative estimate of drug-likeness (QED) is 0.662. The summed E-state index contributed by atoms with van der Waals surface area (Å²) >= 11 is 1.32. The molecule has 0 aliphatic carbocycles. The maximum atomic E-state index is 12.5. The van der Waals surface area contributed by atoms with Gasteiger partial charge >= 0.3 is 5.97 Å². The van der Waals surface area contributed by atoms with E-state index in [-0.39, 0.29) is 12.5 Å². The second-order valence-electron chi connectivity index (χ2n) is 5.64. The van der Waals surface area contributed by atoms with E-state index < -0.39 is 5.97 Å². The lowest BCUT2D eigenvalue weighted by Gasteiger charge is -2.07. The first-order valence-corrected chi connectivity index (χ1v) is 8.74. The number of benzene rings is 2. The highest BCUT2D eigenvalue weighted by Crippen LogP contribution is 2.27. The Kier molecular flexibility index (Phi) is 5.18. The van der Waals surface area contributed by atoms with Crippen LogP contribution in [0.3, 0.4) is 0 Å². The van der Waals surface area contributed by atoms with Crippen LogP contribution in [0, 0.1) is 6.92 Å². The Morgan fingerprint density at radius 3 is 2.50 bits per heavy atom. The number of hydrogen-bond donors (Lipinski definition) is 0. The highest BCUT2D eigenvalue weighted by atomic mass is 32.1. The molecule has 0 saturated carbocycles. The summed E-state index contributed by atoms with van der Waals surface area (Å²) in [4.78, 5) is 29.1. The van der Waals surface area contributed by atoms with Gasteiger partial charge in [0, 0.05) is 5.56 Å². The lowest BCUT2D eigenvalue weighted by Crippen LogP contribution is -2.22. The highest BCUT2D eigenvalue weighted by molar-refractivity contribution is 7.16. The van der Waals surface area contributed by atoms with Crippen LogP contribution in [0.5, 0.6) is 5.75 Å². The van der Waals surface area contributed by atoms with Gasteiger partial charge in [0.25, 0.3) is 5.91 Å². The maximum absolute atomic E-state index is 12.5. The van der Waals surface area contributed by atoms with Crippen LogP contribution in [0.25, 0.3) is 10.2 Å². The van der Waals surface area contributed by atoms with Crippen molar-refractivity contribution in [2.24, 2.45) is 4.99 Å². The molecule has 26 heavy (non-hydrogen) atoms. The van der Waals surface area contributed by atoms with Crippen LogP contribution >= 0.6 is 11.3 Å². The normalized spacial score (nSPS) is 11.6. The summed E-state index contributed by atoms with van der Waals surface area (Å²) in [5.41, 5.74) is 2.26. The number of methoxy groups -OCH3 is 2. The number of amides is 1. The minimum atomic E-state index is -0.431. The predicted molar refractivity (Wildman–Crippen MR) is 99.5 cm³/mol. The number of esters is 1. The Bertz CT molecular complexity index is 1030. The van der Waals surface area contributed by atoms with E-state index in [1.807, 2.05) is 31.2 Å². The third-order valence-electron chi connectivity index (χ3n) is 3.89. The number of carbonyl (C=O) groups is 2. The van der Waals surface area contributed by atoms with Crippen molar-refractivity contribution in [3.05, 3.63) is 58.4 Å². The molecule has 0 fully saturated rings. The lowest BCUT2D eigenvalue weighted by molar-refractivity contribution is -0.141. The summed E-state index contributed by atoms with van der Waals surface area (Å²) < 4.78 is 12.7. The number of para-hydroxylation sites is 1. The SMILES string of the molecule is COC(=O)Cn1c(=NC(=O)c2ccc(C)cc2)sc2cccc(OC)c21. The van der Waals surface area contributed by atoms with Crippen molar-refractivity contribution in [3.63, 3.8) is 0 Å². The first kappa shape index (κ1) is 17.9. The fourth-order valence-electron chi connectivity index (χ4n) is 2.54. The third-order valence-corrected chi connectivity index (χ3v) is 4.94. The average Bonchev–Trinajstić information content (AvgIpc) is 2.99. The molecule has 1 aromatic heterocycles. The predicted octanol–water partition coefficient (Wildman–Crippen LogP) is 2.93. The van der Waals surface area contributed by atoms with E-state index in [0.717, 1.165) is 10.3 Å². The number of hydrogen-bond acceptors (Lipinski definition) is 5. The zero-order chi connectivity index (χ0) is 18.7. The lowest BCUT2D eigenvalue weighted by atomic mass is 10.1. The fourth-order valence-corrected chi connectivity index (χ4v) is 3.58. The molecule has 134 valence electrons. The minimum Gasteiger partial charge on any atom is -0.495 e. The number of rotatable bonds is 4. The molecular formula is C19H18N2O4S. The Balaban J connectivity index is 2.17. The molecule has 6 nitrogen and oxygen atoms in total. The number of aryl methyl sites for hydroxylation is 1. The highest BCUT2D eigenvalue weighted by Gasteiger charge is 2.15. The molecule has 0 spiro atoms. The van der Waals surface area contributed by atoms with Crippen molar-refractivity contribution in [1.29, 1.82) is 0 Å². The van der Waals surface area contributed by atoms with E-state index >= 15 is 0 Å². The van der Waals surface area contributed by atoms with Gasteiger partial charge in [-0.25, -0.2) is 0 Å². The molecule has 1 heterocycles.